The molecule has 0 spiro atoms. The molecule has 1 aromatic heterocycles. The summed E-state index contributed by atoms with van der Waals surface area (Å²) in [6.07, 6.45) is 1.62. The van der Waals surface area contributed by atoms with Crippen LogP contribution in [0.1, 0.15) is 0 Å². The van der Waals surface area contributed by atoms with Crippen LogP contribution in [0.2, 0.25) is 5.02 Å². The van der Waals surface area contributed by atoms with Gasteiger partial charge in [0.05, 0.1) is 5.69 Å². The average Bonchev–Trinajstić information content (AvgIpc) is 2.49. The van der Waals surface area contributed by atoms with Crippen molar-refractivity contribution in [1.29, 1.82) is 0 Å². The predicted molar refractivity (Wildman–Crippen MR) is 77.9 cm³/mol. The first-order valence-corrected chi connectivity index (χ1v) is 6.46. The summed E-state index contributed by atoms with van der Waals surface area (Å²) in [4.78, 5) is 8.63. The summed E-state index contributed by atoms with van der Waals surface area (Å²) in [5, 5.41) is 0.652. The molecule has 2 aromatic carbocycles. The standard InChI is InChI=1S/C16H10ClFN2/c17-12-7-5-11(6-8-12)16-19-10-9-15(20-16)13-3-1-2-4-14(13)18/h1-10H. The van der Waals surface area contributed by atoms with Gasteiger partial charge in [-0.2, -0.15) is 0 Å². The molecule has 3 aromatic rings. The topological polar surface area (TPSA) is 25.8 Å². The highest BCUT2D eigenvalue weighted by Gasteiger charge is 2.08. The van der Waals surface area contributed by atoms with E-state index in [0.29, 0.717) is 22.1 Å². The van der Waals surface area contributed by atoms with Gasteiger partial charge in [-0.25, -0.2) is 14.4 Å². The van der Waals surface area contributed by atoms with Crippen molar-refractivity contribution >= 4 is 11.6 Å². The van der Waals surface area contributed by atoms with E-state index in [4.69, 9.17) is 11.6 Å². The monoisotopic (exact) mass is 284 g/mol. The maximum atomic E-state index is 13.8. The first kappa shape index (κ1) is 12.8. The highest BCUT2D eigenvalue weighted by atomic mass is 35.5. The van der Waals surface area contributed by atoms with Gasteiger partial charge in [0.25, 0.3) is 0 Å². The summed E-state index contributed by atoms with van der Waals surface area (Å²) in [7, 11) is 0. The molecule has 0 aliphatic heterocycles. The van der Waals surface area contributed by atoms with E-state index in [1.807, 2.05) is 12.1 Å². The van der Waals surface area contributed by atoms with Crippen LogP contribution in [0, 0.1) is 5.82 Å². The summed E-state index contributed by atoms with van der Waals surface area (Å²) in [6, 6.07) is 15.5. The zero-order valence-corrected chi connectivity index (χ0v) is 11.2. The molecule has 2 nitrogen and oxygen atoms in total. The van der Waals surface area contributed by atoms with Gasteiger partial charge in [-0.3, -0.25) is 0 Å². The Morgan fingerprint density at radius 2 is 1.65 bits per heavy atom. The number of rotatable bonds is 2. The third-order valence-corrected chi connectivity index (χ3v) is 3.16. The smallest absolute Gasteiger partial charge is 0.159 e. The second-order valence-corrected chi connectivity index (χ2v) is 4.69. The Kier molecular flexibility index (Phi) is 3.44. The second kappa shape index (κ2) is 5.39. The number of aromatic nitrogens is 2. The Morgan fingerprint density at radius 3 is 2.40 bits per heavy atom. The summed E-state index contributed by atoms with van der Waals surface area (Å²) in [5.41, 5.74) is 1.86. The molecule has 98 valence electrons. The van der Waals surface area contributed by atoms with Crippen molar-refractivity contribution in [3.05, 3.63) is 71.6 Å². The normalized spacial score (nSPS) is 10.5. The van der Waals surface area contributed by atoms with Gasteiger partial charge in [0.2, 0.25) is 0 Å². The second-order valence-electron chi connectivity index (χ2n) is 4.25. The number of nitrogens with zero attached hydrogens (tertiary/aromatic N) is 2. The summed E-state index contributed by atoms with van der Waals surface area (Å²) < 4.78 is 13.8. The maximum absolute atomic E-state index is 13.8. The molecule has 20 heavy (non-hydrogen) atoms. The highest BCUT2D eigenvalue weighted by Crippen LogP contribution is 2.23. The van der Waals surface area contributed by atoms with Crippen molar-refractivity contribution in [3.63, 3.8) is 0 Å². The minimum atomic E-state index is -0.298. The van der Waals surface area contributed by atoms with Crippen molar-refractivity contribution in [3.8, 4) is 22.6 Å². The van der Waals surface area contributed by atoms with Crippen molar-refractivity contribution in [2.24, 2.45) is 0 Å². The van der Waals surface area contributed by atoms with E-state index < -0.39 is 0 Å². The van der Waals surface area contributed by atoms with Crippen LogP contribution < -0.4 is 0 Å². The zero-order chi connectivity index (χ0) is 13.9. The molecule has 4 heteroatoms. The largest absolute Gasteiger partial charge is 0.237 e. The lowest BCUT2D eigenvalue weighted by molar-refractivity contribution is 0.630. The van der Waals surface area contributed by atoms with Crippen LogP contribution in [0.3, 0.4) is 0 Å². The lowest BCUT2D eigenvalue weighted by atomic mass is 10.1. The summed E-state index contributed by atoms with van der Waals surface area (Å²) in [6.45, 7) is 0. The van der Waals surface area contributed by atoms with Crippen molar-refractivity contribution in [1.82, 2.24) is 9.97 Å². The third kappa shape index (κ3) is 2.53. The fourth-order valence-electron chi connectivity index (χ4n) is 1.92. The molecule has 0 saturated heterocycles. The number of halogens is 2. The molecule has 0 unspecified atom stereocenters. The predicted octanol–water partition coefficient (Wildman–Crippen LogP) is 4.60. The van der Waals surface area contributed by atoms with Gasteiger partial charge >= 0.3 is 0 Å². The lowest BCUT2D eigenvalue weighted by Crippen LogP contribution is -1.93. The van der Waals surface area contributed by atoms with Crippen molar-refractivity contribution in [2.45, 2.75) is 0 Å². The minimum Gasteiger partial charge on any atom is -0.237 e. The fourth-order valence-corrected chi connectivity index (χ4v) is 2.04. The number of benzene rings is 2. The van der Waals surface area contributed by atoms with E-state index in [2.05, 4.69) is 9.97 Å². The van der Waals surface area contributed by atoms with Crippen molar-refractivity contribution < 1.29 is 4.39 Å². The maximum Gasteiger partial charge on any atom is 0.159 e. The van der Waals surface area contributed by atoms with Gasteiger partial charge in [0, 0.05) is 22.3 Å². The summed E-state index contributed by atoms with van der Waals surface area (Å²) >= 11 is 5.86. The summed E-state index contributed by atoms with van der Waals surface area (Å²) in [5.74, 6) is 0.246. The Balaban J connectivity index is 2.06. The molecule has 0 atom stereocenters. The molecular weight excluding hydrogens is 275 g/mol. The minimum absolute atomic E-state index is 0.298. The molecule has 0 N–H and O–H groups in total. The van der Waals surface area contributed by atoms with Crippen LogP contribution in [-0.2, 0) is 0 Å². The van der Waals surface area contributed by atoms with Gasteiger partial charge in [0.15, 0.2) is 5.82 Å². The molecular formula is C16H10ClFN2. The molecule has 0 radical (unpaired) electrons. The van der Waals surface area contributed by atoms with Gasteiger partial charge in [-0.15, -0.1) is 0 Å². The van der Waals surface area contributed by atoms with Crippen LogP contribution in [0.5, 0.6) is 0 Å². The molecule has 0 bridgehead atoms. The number of hydrogen-bond donors (Lipinski definition) is 0. The van der Waals surface area contributed by atoms with Gasteiger partial charge < -0.3 is 0 Å². The SMILES string of the molecule is Fc1ccccc1-c1ccnc(-c2ccc(Cl)cc2)n1. The first-order chi connectivity index (χ1) is 9.74. The van der Waals surface area contributed by atoms with Gasteiger partial charge in [-0.05, 0) is 42.5 Å². The van der Waals surface area contributed by atoms with E-state index in [0.717, 1.165) is 5.56 Å². The highest BCUT2D eigenvalue weighted by molar-refractivity contribution is 6.30. The Labute approximate surface area is 120 Å². The van der Waals surface area contributed by atoms with Crippen LogP contribution in [0.15, 0.2) is 60.8 Å². The molecule has 0 aliphatic rings. The van der Waals surface area contributed by atoms with Crippen molar-refractivity contribution in [2.75, 3.05) is 0 Å². The van der Waals surface area contributed by atoms with Crippen LogP contribution >= 0.6 is 11.6 Å². The van der Waals surface area contributed by atoms with Gasteiger partial charge in [0.1, 0.15) is 5.82 Å². The van der Waals surface area contributed by atoms with Crippen LogP contribution in [0.25, 0.3) is 22.6 Å². The third-order valence-electron chi connectivity index (χ3n) is 2.91. The van der Waals surface area contributed by atoms with Crippen LogP contribution in [-0.4, -0.2) is 9.97 Å². The number of hydrogen-bond acceptors (Lipinski definition) is 2. The average molecular weight is 285 g/mol. The Morgan fingerprint density at radius 1 is 0.900 bits per heavy atom. The Hall–Kier alpha value is -2.26. The van der Waals surface area contributed by atoms with E-state index in [1.165, 1.54) is 6.07 Å². The van der Waals surface area contributed by atoms with E-state index in [1.54, 1.807) is 42.6 Å². The zero-order valence-electron chi connectivity index (χ0n) is 10.4. The molecule has 0 amide bonds. The molecule has 0 fully saturated rings. The fraction of sp³-hybridized carbons (Fsp3) is 0. The Bertz CT molecular complexity index is 741. The quantitative estimate of drug-likeness (QED) is 0.687. The first-order valence-electron chi connectivity index (χ1n) is 6.08. The van der Waals surface area contributed by atoms with Crippen LogP contribution in [0.4, 0.5) is 4.39 Å². The molecule has 0 aliphatic carbocycles. The molecule has 0 saturated carbocycles. The van der Waals surface area contributed by atoms with E-state index in [-0.39, 0.29) is 5.82 Å². The molecule has 1 heterocycles. The van der Waals surface area contributed by atoms with E-state index in [9.17, 15) is 4.39 Å². The van der Waals surface area contributed by atoms with Gasteiger partial charge in [-0.1, -0.05) is 23.7 Å². The molecule has 3 rings (SSSR count). The van der Waals surface area contributed by atoms with E-state index >= 15 is 0 Å². The lowest BCUT2D eigenvalue weighted by Gasteiger charge is -2.05.